The van der Waals surface area contributed by atoms with Crippen LogP contribution < -0.4 is 5.32 Å². The van der Waals surface area contributed by atoms with Gasteiger partial charge in [-0.15, -0.1) is 0 Å². The highest BCUT2D eigenvalue weighted by molar-refractivity contribution is 7.89. The van der Waals surface area contributed by atoms with Gasteiger partial charge < -0.3 is 15.2 Å². The zero-order valence-electron chi connectivity index (χ0n) is 16.7. The van der Waals surface area contributed by atoms with Gasteiger partial charge in [-0.05, 0) is 68.1 Å². The van der Waals surface area contributed by atoms with Crippen molar-refractivity contribution in [1.82, 2.24) is 9.62 Å². The van der Waals surface area contributed by atoms with Crippen molar-refractivity contribution in [2.24, 2.45) is 17.8 Å². The maximum atomic E-state index is 13.6. The number of amides is 1. The van der Waals surface area contributed by atoms with E-state index in [4.69, 9.17) is 4.74 Å². The number of rotatable bonds is 4. The summed E-state index contributed by atoms with van der Waals surface area (Å²) in [6.45, 7) is 0.187. The van der Waals surface area contributed by atoms with Gasteiger partial charge in [0.1, 0.15) is 11.9 Å². The Hall–Kier alpha value is -1.55. The summed E-state index contributed by atoms with van der Waals surface area (Å²) >= 11 is 0. The number of nitrogens with zero attached hydrogens (tertiary/aromatic N) is 1. The molecule has 1 aromatic rings. The number of sulfonamides is 1. The molecule has 6 rings (SSSR count). The highest BCUT2D eigenvalue weighted by Crippen LogP contribution is 2.55. The van der Waals surface area contributed by atoms with E-state index in [1.807, 2.05) is 0 Å². The molecule has 1 aliphatic heterocycles. The highest BCUT2D eigenvalue weighted by atomic mass is 32.2. The minimum atomic E-state index is -4.04. The molecular formula is C21H27FN2O5S. The third-order valence-corrected chi connectivity index (χ3v) is 9.24. The second kappa shape index (κ2) is 7.25. The Morgan fingerprint density at radius 1 is 1.23 bits per heavy atom. The standard InChI is InChI=1S/C21H27FN2O5S/c22-16-2-1-3-17(8-16)30(27,28)24-4-5-29-12-18(24)20(25)23-19-14-6-13-7-15(19)11-21(26,9-13)10-14/h1-3,8,13-15,18-19,26H,4-7,9-12H2,(H,23,25)/t13?,14-,15+,18?,19?,21?. The molecule has 4 unspecified atom stereocenters. The summed E-state index contributed by atoms with van der Waals surface area (Å²) in [5, 5.41) is 13.9. The van der Waals surface area contributed by atoms with E-state index in [-0.39, 0.29) is 48.4 Å². The Bertz CT molecular complexity index is 938. The minimum Gasteiger partial charge on any atom is -0.390 e. The van der Waals surface area contributed by atoms with Crippen molar-refractivity contribution in [2.75, 3.05) is 19.8 Å². The van der Waals surface area contributed by atoms with Crippen LogP contribution in [0, 0.1) is 23.6 Å². The molecule has 9 heteroatoms. The molecule has 7 nitrogen and oxygen atoms in total. The quantitative estimate of drug-likeness (QED) is 0.738. The number of aliphatic hydroxyl groups is 1. The molecule has 1 saturated heterocycles. The van der Waals surface area contributed by atoms with Crippen LogP contribution in [0.1, 0.15) is 32.1 Å². The van der Waals surface area contributed by atoms with Gasteiger partial charge in [-0.2, -0.15) is 4.31 Å². The van der Waals surface area contributed by atoms with E-state index >= 15 is 0 Å². The van der Waals surface area contributed by atoms with E-state index in [1.165, 1.54) is 18.2 Å². The minimum absolute atomic E-state index is 0.0327. The van der Waals surface area contributed by atoms with Gasteiger partial charge in [0.25, 0.3) is 0 Å². The van der Waals surface area contributed by atoms with E-state index in [9.17, 15) is 22.7 Å². The molecule has 4 bridgehead atoms. The summed E-state index contributed by atoms with van der Waals surface area (Å²) in [4.78, 5) is 13.0. The number of halogens is 1. The van der Waals surface area contributed by atoms with Gasteiger partial charge in [-0.1, -0.05) is 6.07 Å². The summed E-state index contributed by atoms with van der Waals surface area (Å²) in [5.41, 5.74) is -0.599. The fourth-order valence-electron chi connectivity index (χ4n) is 6.32. The van der Waals surface area contributed by atoms with Crippen LogP contribution in [0.2, 0.25) is 0 Å². The molecule has 1 amide bonds. The third-order valence-electron chi connectivity index (χ3n) is 7.33. The SMILES string of the molecule is O=C(NC1[C@@H]2CC3C[C@H]1CC(O)(C3)C2)C1COCCN1S(=O)(=O)c1cccc(F)c1. The monoisotopic (exact) mass is 438 g/mol. The van der Waals surface area contributed by atoms with Gasteiger partial charge in [0.05, 0.1) is 23.7 Å². The van der Waals surface area contributed by atoms with Gasteiger partial charge in [-0.3, -0.25) is 4.79 Å². The van der Waals surface area contributed by atoms with Crippen LogP contribution in [0.15, 0.2) is 29.2 Å². The van der Waals surface area contributed by atoms with Crippen molar-refractivity contribution in [3.05, 3.63) is 30.1 Å². The zero-order chi connectivity index (χ0) is 21.1. The lowest BCUT2D eigenvalue weighted by Crippen LogP contribution is -2.64. The molecule has 1 heterocycles. The van der Waals surface area contributed by atoms with Crippen LogP contribution in [0.25, 0.3) is 0 Å². The van der Waals surface area contributed by atoms with Gasteiger partial charge in [0.15, 0.2) is 0 Å². The van der Waals surface area contributed by atoms with Gasteiger partial charge in [0.2, 0.25) is 15.9 Å². The maximum Gasteiger partial charge on any atom is 0.244 e. The second-order valence-corrected chi connectivity index (χ2v) is 11.3. The average molecular weight is 439 g/mol. The Morgan fingerprint density at radius 3 is 2.63 bits per heavy atom. The van der Waals surface area contributed by atoms with Gasteiger partial charge in [-0.25, -0.2) is 12.8 Å². The lowest BCUT2D eigenvalue weighted by atomic mass is 9.52. The first kappa shape index (κ1) is 20.4. The van der Waals surface area contributed by atoms with E-state index in [0.29, 0.717) is 18.8 Å². The van der Waals surface area contributed by atoms with Crippen LogP contribution >= 0.6 is 0 Å². The fourth-order valence-corrected chi connectivity index (χ4v) is 7.91. The normalized spacial score (nSPS) is 38.5. The van der Waals surface area contributed by atoms with Crippen molar-refractivity contribution in [3.63, 3.8) is 0 Å². The molecule has 0 spiro atoms. The Kier molecular flexibility index (Phi) is 4.92. The van der Waals surface area contributed by atoms with Crippen LogP contribution in [-0.4, -0.2) is 61.2 Å². The number of hydrogen-bond acceptors (Lipinski definition) is 5. The topological polar surface area (TPSA) is 95.9 Å². The van der Waals surface area contributed by atoms with Crippen LogP contribution in [-0.2, 0) is 19.6 Å². The van der Waals surface area contributed by atoms with Crippen molar-refractivity contribution in [2.45, 2.75) is 54.7 Å². The van der Waals surface area contributed by atoms with Crippen molar-refractivity contribution in [3.8, 4) is 0 Å². The summed E-state index contributed by atoms with van der Waals surface area (Å²) in [7, 11) is -4.04. The van der Waals surface area contributed by atoms with Crippen LogP contribution in [0.4, 0.5) is 4.39 Å². The number of ether oxygens (including phenoxy) is 1. The largest absolute Gasteiger partial charge is 0.390 e. The molecule has 164 valence electrons. The molecule has 4 aliphatic carbocycles. The highest BCUT2D eigenvalue weighted by Gasteiger charge is 2.55. The van der Waals surface area contributed by atoms with Crippen LogP contribution in [0.5, 0.6) is 0 Å². The molecular weight excluding hydrogens is 411 g/mol. The molecule has 0 aromatic heterocycles. The Balaban J connectivity index is 1.35. The maximum absolute atomic E-state index is 13.6. The van der Waals surface area contributed by atoms with Crippen LogP contribution in [0.3, 0.4) is 0 Å². The molecule has 4 saturated carbocycles. The number of nitrogens with one attached hydrogen (secondary N) is 1. The van der Waals surface area contributed by atoms with Crippen molar-refractivity contribution in [1.29, 1.82) is 0 Å². The molecule has 30 heavy (non-hydrogen) atoms. The zero-order valence-corrected chi connectivity index (χ0v) is 17.5. The Labute approximate surface area is 175 Å². The second-order valence-electron chi connectivity index (χ2n) is 9.39. The van der Waals surface area contributed by atoms with E-state index in [0.717, 1.165) is 29.6 Å². The predicted octanol–water partition coefficient (Wildman–Crippen LogP) is 1.27. The number of carbonyl (C=O) groups excluding carboxylic acids is 1. The molecule has 0 radical (unpaired) electrons. The van der Waals surface area contributed by atoms with E-state index in [1.54, 1.807) is 0 Å². The van der Waals surface area contributed by atoms with E-state index < -0.39 is 27.5 Å². The smallest absolute Gasteiger partial charge is 0.244 e. The number of carbonyl (C=O) groups is 1. The van der Waals surface area contributed by atoms with E-state index in [2.05, 4.69) is 5.32 Å². The van der Waals surface area contributed by atoms with Crippen molar-refractivity contribution >= 4 is 15.9 Å². The first-order valence-electron chi connectivity index (χ1n) is 10.6. The lowest BCUT2D eigenvalue weighted by Gasteiger charge is -2.58. The molecule has 5 fully saturated rings. The molecule has 5 aliphatic rings. The summed E-state index contributed by atoms with van der Waals surface area (Å²) < 4.78 is 46.4. The number of morpholine rings is 1. The molecule has 6 atom stereocenters. The summed E-state index contributed by atoms with van der Waals surface area (Å²) in [5.74, 6) is -0.0505. The summed E-state index contributed by atoms with van der Waals surface area (Å²) in [6.07, 6.45) is 4.23. The first-order chi connectivity index (χ1) is 14.2. The average Bonchev–Trinajstić information content (AvgIpc) is 2.69. The number of hydrogen-bond donors (Lipinski definition) is 2. The third kappa shape index (κ3) is 3.45. The van der Waals surface area contributed by atoms with Gasteiger partial charge in [0, 0.05) is 12.6 Å². The summed E-state index contributed by atoms with van der Waals surface area (Å²) in [6, 6.07) is 3.79. The fraction of sp³-hybridized carbons (Fsp3) is 0.667. The van der Waals surface area contributed by atoms with Crippen molar-refractivity contribution < 1.29 is 27.4 Å². The first-order valence-corrected chi connectivity index (χ1v) is 12.1. The predicted molar refractivity (Wildman–Crippen MR) is 105 cm³/mol. The molecule has 2 N–H and O–H groups in total. The molecule has 1 aromatic carbocycles. The Morgan fingerprint density at radius 2 is 1.97 bits per heavy atom. The number of benzene rings is 1. The lowest BCUT2D eigenvalue weighted by molar-refractivity contribution is -0.150. The van der Waals surface area contributed by atoms with Gasteiger partial charge >= 0.3 is 0 Å².